The van der Waals surface area contributed by atoms with Crippen molar-refractivity contribution in [3.05, 3.63) is 39.9 Å². The molecule has 0 unspecified atom stereocenters. The third-order valence-corrected chi connectivity index (χ3v) is 2.05. The maximum atomic E-state index is 11.1. The lowest BCUT2D eigenvalue weighted by Crippen LogP contribution is -2.17. The summed E-state index contributed by atoms with van der Waals surface area (Å²) in [6, 6.07) is 5.89. The monoisotopic (exact) mass is 251 g/mol. The highest BCUT2D eigenvalue weighted by Crippen LogP contribution is 2.11. The van der Waals surface area contributed by atoms with Crippen LogP contribution < -0.4 is 5.43 Å². The quantitative estimate of drug-likeness (QED) is 0.443. The van der Waals surface area contributed by atoms with Crippen molar-refractivity contribution in [3.8, 4) is 0 Å². The molecule has 7 heteroatoms. The summed E-state index contributed by atoms with van der Waals surface area (Å²) in [5, 5.41) is 22.7. The number of nitrogens with one attached hydrogen (secondary N) is 1. The van der Waals surface area contributed by atoms with Crippen molar-refractivity contribution in [2.45, 2.75) is 12.8 Å². The number of amides is 1. The molecule has 0 aliphatic carbocycles. The van der Waals surface area contributed by atoms with E-state index in [1.54, 1.807) is 6.07 Å². The summed E-state index contributed by atoms with van der Waals surface area (Å²) in [5.74, 6) is -0.314. The molecule has 0 aliphatic rings. The van der Waals surface area contributed by atoms with Crippen LogP contribution in [0.1, 0.15) is 18.4 Å². The van der Waals surface area contributed by atoms with E-state index >= 15 is 0 Å². The van der Waals surface area contributed by atoms with Crippen LogP contribution in [0.15, 0.2) is 29.4 Å². The average Bonchev–Trinajstić information content (AvgIpc) is 2.36. The molecule has 1 aromatic rings. The van der Waals surface area contributed by atoms with Gasteiger partial charge in [-0.05, 0) is 6.42 Å². The Hall–Kier alpha value is -2.28. The van der Waals surface area contributed by atoms with E-state index in [1.807, 2.05) is 0 Å². The van der Waals surface area contributed by atoms with Gasteiger partial charge in [0, 0.05) is 30.7 Å². The molecule has 0 fully saturated rings. The van der Waals surface area contributed by atoms with E-state index in [2.05, 4.69) is 10.5 Å². The third kappa shape index (κ3) is 4.71. The normalized spacial score (nSPS) is 10.5. The fourth-order valence-corrected chi connectivity index (χ4v) is 1.19. The minimum Gasteiger partial charge on any atom is -0.396 e. The first-order valence-corrected chi connectivity index (χ1v) is 5.30. The van der Waals surface area contributed by atoms with E-state index in [4.69, 9.17) is 5.11 Å². The van der Waals surface area contributed by atoms with Crippen molar-refractivity contribution in [3.63, 3.8) is 0 Å². The van der Waals surface area contributed by atoms with Gasteiger partial charge in [-0.25, -0.2) is 5.43 Å². The van der Waals surface area contributed by atoms with Crippen molar-refractivity contribution < 1.29 is 14.8 Å². The standard InChI is InChI=1S/C11H13N3O4/c15-6-2-5-11(16)13-12-8-9-3-1-4-10(7-9)14(17)18/h1,3-4,7-8,15H,2,5-6H2,(H,13,16)/b12-8+. The summed E-state index contributed by atoms with van der Waals surface area (Å²) >= 11 is 0. The molecule has 0 aromatic heterocycles. The second-order valence-electron chi connectivity index (χ2n) is 3.47. The molecule has 1 rings (SSSR count). The number of aliphatic hydroxyl groups is 1. The highest BCUT2D eigenvalue weighted by Gasteiger charge is 2.04. The number of hydrogen-bond acceptors (Lipinski definition) is 5. The topological polar surface area (TPSA) is 105 Å². The number of nitro groups is 1. The number of hydrazone groups is 1. The Bertz CT molecular complexity index is 459. The van der Waals surface area contributed by atoms with Gasteiger partial charge in [0.2, 0.25) is 5.91 Å². The van der Waals surface area contributed by atoms with Crippen LogP contribution in [-0.4, -0.2) is 28.8 Å². The van der Waals surface area contributed by atoms with Crippen LogP contribution in [0.2, 0.25) is 0 Å². The van der Waals surface area contributed by atoms with Crippen LogP contribution in [0.3, 0.4) is 0 Å². The van der Waals surface area contributed by atoms with E-state index in [0.29, 0.717) is 12.0 Å². The van der Waals surface area contributed by atoms with Gasteiger partial charge in [-0.1, -0.05) is 12.1 Å². The first-order chi connectivity index (χ1) is 8.63. The smallest absolute Gasteiger partial charge is 0.270 e. The van der Waals surface area contributed by atoms with Crippen LogP contribution in [0.4, 0.5) is 5.69 Å². The van der Waals surface area contributed by atoms with Gasteiger partial charge in [-0.3, -0.25) is 14.9 Å². The van der Waals surface area contributed by atoms with E-state index in [0.717, 1.165) is 0 Å². The maximum absolute atomic E-state index is 11.1. The number of non-ortho nitro benzene ring substituents is 1. The summed E-state index contributed by atoms with van der Waals surface area (Å²) < 4.78 is 0. The van der Waals surface area contributed by atoms with Gasteiger partial charge in [-0.2, -0.15) is 5.10 Å². The number of nitrogens with zero attached hydrogens (tertiary/aromatic N) is 2. The van der Waals surface area contributed by atoms with Crippen molar-refractivity contribution in [2.24, 2.45) is 5.10 Å². The van der Waals surface area contributed by atoms with Crippen LogP contribution in [0, 0.1) is 10.1 Å². The average molecular weight is 251 g/mol. The van der Waals surface area contributed by atoms with Gasteiger partial charge in [0.15, 0.2) is 0 Å². The molecule has 0 atom stereocenters. The molecule has 0 saturated heterocycles. The number of rotatable bonds is 6. The SMILES string of the molecule is O=C(CCCO)N/N=C/c1cccc([N+](=O)[O-])c1. The maximum Gasteiger partial charge on any atom is 0.270 e. The molecule has 2 N–H and O–H groups in total. The summed E-state index contributed by atoms with van der Waals surface area (Å²) in [7, 11) is 0. The molecule has 0 aliphatic heterocycles. The molecular weight excluding hydrogens is 238 g/mol. The Morgan fingerprint density at radius 2 is 2.33 bits per heavy atom. The van der Waals surface area contributed by atoms with Gasteiger partial charge in [0.1, 0.15) is 0 Å². The molecule has 7 nitrogen and oxygen atoms in total. The Balaban J connectivity index is 2.54. The van der Waals surface area contributed by atoms with Crippen LogP contribution in [0.25, 0.3) is 0 Å². The van der Waals surface area contributed by atoms with Gasteiger partial charge in [0.25, 0.3) is 5.69 Å². The molecule has 0 radical (unpaired) electrons. The van der Waals surface area contributed by atoms with E-state index in [9.17, 15) is 14.9 Å². The first-order valence-electron chi connectivity index (χ1n) is 5.30. The number of hydrogen-bond donors (Lipinski definition) is 2. The molecular formula is C11H13N3O4. The van der Waals surface area contributed by atoms with Crippen molar-refractivity contribution in [2.75, 3.05) is 6.61 Å². The lowest BCUT2D eigenvalue weighted by molar-refractivity contribution is -0.384. The molecule has 1 amide bonds. The Morgan fingerprint density at radius 1 is 1.56 bits per heavy atom. The third-order valence-electron chi connectivity index (χ3n) is 2.05. The highest BCUT2D eigenvalue weighted by atomic mass is 16.6. The Morgan fingerprint density at radius 3 is 3.00 bits per heavy atom. The van der Waals surface area contributed by atoms with Gasteiger partial charge in [0.05, 0.1) is 11.1 Å². The van der Waals surface area contributed by atoms with E-state index < -0.39 is 4.92 Å². The minimum absolute atomic E-state index is 0.0365. The number of carbonyl (C=O) groups excluding carboxylic acids is 1. The number of nitro benzene ring substituents is 1. The predicted octanol–water partition coefficient (Wildman–Crippen LogP) is 0.817. The van der Waals surface area contributed by atoms with Gasteiger partial charge < -0.3 is 5.11 Å². The summed E-state index contributed by atoms with van der Waals surface area (Å²) in [6.07, 6.45) is 1.88. The van der Waals surface area contributed by atoms with E-state index in [1.165, 1.54) is 24.4 Å². The minimum atomic E-state index is -0.503. The zero-order chi connectivity index (χ0) is 13.4. The molecule has 18 heavy (non-hydrogen) atoms. The molecule has 0 heterocycles. The van der Waals surface area contributed by atoms with Crippen molar-refractivity contribution in [1.29, 1.82) is 0 Å². The molecule has 0 bridgehead atoms. The van der Waals surface area contributed by atoms with Gasteiger partial charge in [-0.15, -0.1) is 0 Å². The second-order valence-corrected chi connectivity index (χ2v) is 3.47. The fraction of sp³-hybridized carbons (Fsp3) is 0.273. The lowest BCUT2D eigenvalue weighted by Gasteiger charge is -1.97. The number of carbonyl (C=O) groups is 1. The van der Waals surface area contributed by atoms with Crippen molar-refractivity contribution >= 4 is 17.8 Å². The molecule has 0 spiro atoms. The van der Waals surface area contributed by atoms with Crippen LogP contribution in [0.5, 0.6) is 0 Å². The summed E-state index contributed by atoms with van der Waals surface area (Å²) in [6.45, 7) is -0.0536. The van der Waals surface area contributed by atoms with Crippen LogP contribution >= 0.6 is 0 Å². The second kappa shape index (κ2) is 7.13. The van der Waals surface area contributed by atoms with E-state index in [-0.39, 0.29) is 24.6 Å². The summed E-state index contributed by atoms with van der Waals surface area (Å²) in [5.41, 5.74) is 2.75. The number of aliphatic hydroxyl groups excluding tert-OH is 1. The number of benzene rings is 1. The Kier molecular flexibility index (Phi) is 5.46. The highest BCUT2D eigenvalue weighted by molar-refractivity contribution is 5.83. The van der Waals surface area contributed by atoms with Crippen molar-refractivity contribution in [1.82, 2.24) is 5.43 Å². The molecule has 1 aromatic carbocycles. The lowest BCUT2D eigenvalue weighted by atomic mass is 10.2. The molecule has 0 saturated carbocycles. The Labute approximate surface area is 103 Å². The molecule has 96 valence electrons. The zero-order valence-corrected chi connectivity index (χ0v) is 9.57. The van der Waals surface area contributed by atoms with Crippen LogP contribution in [-0.2, 0) is 4.79 Å². The predicted molar refractivity (Wildman–Crippen MR) is 65.2 cm³/mol. The zero-order valence-electron chi connectivity index (χ0n) is 9.57. The fourth-order valence-electron chi connectivity index (χ4n) is 1.19. The largest absolute Gasteiger partial charge is 0.396 e. The summed E-state index contributed by atoms with van der Waals surface area (Å²) in [4.78, 5) is 21.1. The first kappa shape index (κ1) is 13.8. The van der Waals surface area contributed by atoms with Gasteiger partial charge >= 0.3 is 0 Å².